The topological polar surface area (TPSA) is 67.9 Å². The van der Waals surface area contributed by atoms with Crippen LogP contribution < -0.4 is 14.8 Å². The van der Waals surface area contributed by atoms with E-state index in [1.165, 1.54) is 0 Å². The molecule has 0 aliphatic rings. The Morgan fingerprint density at radius 3 is 2.23 bits per heavy atom. The Hall–Kier alpha value is -3.02. The Kier molecular flexibility index (Phi) is 9.19. The number of methoxy groups -OCH3 is 1. The van der Waals surface area contributed by atoms with Gasteiger partial charge in [0.25, 0.3) is 0 Å². The van der Waals surface area contributed by atoms with Crippen molar-refractivity contribution in [3.8, 4) is 11.5 Å². The summed E-state index contributed by atoms with van der Waals surface area (Å²) in [6.07, 6.45) is 1.44. The van der Waals surface area contributed by atoms with Crippen molar-refractivity contribution >= 4 is 11.8 Å². The van der Waals surface area contributed by atoms with Crippen molar-refractivity contribution < 1.29 is 19.1 Å². The minimum absolute atomic E-state index is 0.0515. The average Bonchev–Trinajstić information content (AvgIpc) is 2.77. The Balaban J connectivity index is 1.98. The van der Waals surface area contributed by atoms with Crippen molar-refractivity contribution in [2.24, 2.45) is 0 Å². The first-order chi connectivity index (χ1) is 14.5. The maximum Gasteiger partial charge on any atom is 0.242 e. The molecule has 0 spiro atoms. The third-order valence-corrected chi connectivity index (χ3v) is 4.97. The Labute approximate surface area is 179 Å². The van der Waals surface area contributed by atoms with Gasteiger partial charge in [0, 0.05) is 20.0 Å². The van der Waals surface area contributed by atoms with Gasteiger partial charge in [-0.1, -0.05) is 36.8 Å². The molecule has 0 saturated heterocycles. The van der Waals surface area contributed by atoms with Gasteiger partial charge in [-0.15, -0.1) is 0 Å². The summed E-state index contributed by atoms with van der Waals surface area (Å²) in [5.74, 6) is 1.30. The van der Waals surface area contributed by atoms with Gasteiger partial charge in [-0.05, 0) is 49.6 Å². The van der Waals surface area contributed by atoms with Crippen LogP contribution in [-0.2, 0) is 16.1 Å². The zero-order valence-corrected chi connectivity index (χ0v) is 18.3. The van der Waals surface area contributed by atoms with Crippen molar-refractivity contribution in [2.45, 2.75) is 45.7 Å². The van der Waals surface area contributed by atoms with E-state index in [0.717, 1.165) is 22.6 Å². The summed E-state index contributed by atoms with van der Waals surface area (Å²) >= 11 is 0. The molecule has 2 amide bonds. The lowest BCUT2D eigenvalue weighted by Crippen LogP contribution is -2.48. The lowest BCUT2D eigenvalue weighted by Gasteiger charge is -2.30. The van der Waals surface area contributed by atoms with Crippen LogP contribution in [0.2, 0.25) is 0 Å². The van der Waals surface area contributed by atoms with E-state index >= 15 is 0 Å². The zero-order chi connectivity index (χ0) is 21.9. The van der Waals surface area contributed by atoms with Crippen LogP contribution >= 0.6 is 0 Å². The van der Waals surface area contributed by atoms with E-state index in [2.05, 4.69) is 5.32 Å². The molecule has 0 aliphatic heterocycles. The highest BCUT2D eigenvalue weighted by atomic mass is 16.5. The second-order valence-corrected chi connectivity index (χ2v) is 7.17. The van der Waals surface area contributed by atoms with Gasteiger partial charge in [-0.25, -0.2) is 0 Å². The minimum atomic E-state index is -0.494. The molecule has 162 valence electrons. The molecule has 2 aromatic rings. The fourth-order valence-electron chi connectivity index (χ4n) is 3.21. The zero-order valence-electron chi connectivity index (χ0n) is 18.3. The van der Waals surface area contributed by atoms with Crippen LogP contribution in [0.5, 0.6) is 11.5 Å². The molecule has 0 aliphatic carbocycles. The van der Waals surface area contributed by atoms with Crippen LogP contribution in [0.15, 0.2) is 48.5 Å². The van der Waals surface area contributed by atoms with Crippen molar-refractivity contribution in [3.05, 3.63) is 59.7 Å². The summed E-state index contributed by atoms with van der Waals surface area (Å²) < 4.78 is 10.8. The number of hydrogen-bond donors (Lipinski definition) is 1. The van der Waals surface area contributed by atoms with E-state index in [4.69, 9.17) is 9.47 Å². The van der Waals surface area contributed by atoms with Crippen molar-refractivity contribution in [1.82, 2.24) is 10.2 Å². The Bertz CT molecular complexity index is 803. The van der Waals surface area contributed by atoms with Crippen molar-refractivity contribution in [1.29, 1.82) is 0 Å². The van der Waals surface area contributed by atoms with Crippen LogP contribution in [0.3, 0.4) is 0 Å². The van der Waals surface area contributed by atoms with E-state index in [0.29, 0.717) is 32.4 Å². The summed E-state index contributed by atoms with van der Waals surface area (Å²) in [5.41, 5.74) is 2.16. The normalized spacial score (nSPS) is 11.5. The van der Waals surface area contributed by atoms with E-state index in [1.54, 1.807) is 19.1 Å². The fourth-order valence-corrected chi connectivity index (χ4v) is 3.21. The molecule has 0 bridgehead atoms. The van der Waals surface area contributed by atoms with E-state index in [-0.39, 0.29) is 11.8 Å². The summed E-state index contributed by atoms with van der Waals surface area (Å²) in [6.45, 7) is 4.77. The Morgan fingerprint density at radius 2 is 1.67 bits per heavy atom. The number of hydrogen-bond acceptors (Lipinski definition) is 4. The fraction of sp³-hybridized carbons (Fsp3) is 0.417. The lowest BCUT2D eigenvalue weighted by atomic mass is 10.1. The van der Waals surface area contributed by atoms with Gasteiger partial charge in [0.15, 0.2) is 0 Å². The number of ether oxygens (including phenoxy) is 2. The molecular formula is C24H32N2O4. The van der Waals surface area contributed by atoms with Gasteiger partial charge in [0.05, 0.1) is 13.7 Å². The molecule has 2 aromatic carbocycles. The number of rotatable bonds is 11. The first kappa shape index (κ1) is 23.3. The number of aryl methyl sites for hydroxylation is 1. The van der Waals surface area contributed by atoms with Gasteiger partial charge in [0.1, 0.15) is 17.5 Å². The van der Waals surface area contributed by atoms with Gasteiger partial charge in [-0.3, -0.25) is 9.59 Å². The third kappa shape index (κ3) is 6.79. The number of amides is 2. The predicted molar refractivity (Wildman–Crippen MR) is 118 cm³/mol. The highest BCUT2D eigenvalue weighted by Gasteiger charge is 2.27. The summed E-state index contributed by atoms with van der Waals surface area (Å²) in [5, 5.41) is 2.68. The van der Waals surface area contributed by atoms with Gasteiger partial charge >= 0.3 is 0 Å². The molecular weight excluding hydrogens is 380 g/mol. The molecule has 0 unspecified atom stereocenters. The van der Waals surface area contributed by atoms with Crippen LogP contribution in [0.1, 0.15) is 37.3 Å². The number of nitrogens with zero attached hydrogens (tertiary/aromatic N) is 1. The lowest BCUT2D eigenvalue weighted by molar-refractivity contribution is -0.141. The van der Waals surface area contributed by atoms with E-state index < -0.39 is 6.04 Å². The summed E-state index contributed by atoms with van der Waals surface area (Å²) in [6, 6.07) is 14.9. The molecule has 0 heterocycles. The average molecular weight is 413 g/mol. The second-order valence-electron chi connectivity index (χ2n) is 7.17. The van der Waals surface area contributed by atoms with Crippen LogP contribution in [-0.4, -0.2) is 43.5 Å². The largest absolute Gasteiger partial charge is 0.497 e. The first-order valence-electron chi connectivity index (χ1n) is 10.3. The molecule has 30 heavy (non-hydrogen) atoms. The number of carbonyl (C=O) groups is 2. The monoisotopic (exact) mass is 412 g/mol. The number of carbonyl (C=O) groups excluding carboxylic acids is 2. The highest BCUT2D eigenvalue weighted by Crippen LogP contribution is 2.18. The molecule has 0 saturated carbocycles. The van der Waals surface area contributed by atoms with Crippen molar-refractivity contribution in [2.75, 3.05) is 20.8 Å². The minimum Gasteiger partial charge on any atom is -0.497 e. The SMILES string of the molecule is CC[C@H](C(=O)NC)N(Cc1ccc(C)cc1)C(=O)CCCOc1ccc(OC)cc1. The van der Waals surface area contributed by atoms with Crippen LogP contribution in [0.4, 0.5) is 0 Å². The third-order valence-electron chi connectivity index (χ3n) is 4.97. The van der Waals surface area contributed by atoms with Gasteiger partial charge < -0.3 is 19.7 Å². The molecule has 0 aromatic heterocycles. The van der Waals surface area contributed by atoms with Crippen molar-refractivity contribution in [3.63, 3.8) is 0 Å². The first-order valence-corrected chi connectivity index (χ1v) is 10.3. The Morgan fingerprint density at radius 1 is 1.03 bits per heavy atom. The predicted octanol–water partition coefficient (Wildman–Crippen LogP) is 3.72. The number of benzene rings is 2. The quantitative estimate of drug-likeness (QED) is 0.571. The standard InChI is InChI=1S/C24H32N2O4/c1-5-22(24(28)25-3)26(17-19-10-8-18(2)9-11-19)23(27)7-6-16-30-21-14-12-20(29-4)13-15-21/h8-15,22H,5-7,16-17H2,1-4H3,(H,25,28)/t22-/m1/s1. The molecule has 0 radical (unpaired) electrons. The summed E-state index contributed by atoms with van der Waals surface area (Å²) in [7, 11) is 3.22. The van der Waals surface area contributed by atoms with E-state index in [9.17, 15) is 9.59 Å². The van der Waals surface area contributed by atoms with Gasteiger partial charge in [0.2, 0.25) is 11.8 Å². The molecule has 2 rings (SSSR count). The number of nitrogens with one attached hydrogen (secondary N) is 1. The van der Waals surface area contributed by atoms with E-state index in [1.807, 2.05) is 62.4 Å². The molecule has 1 N–H and O–H groups in total. The molecule has 6 nitrogen and oxygen atoms in total. The maximum atomic E-state index is 13.0. The smallest absolute Gasteiger partial charge is 0.242 e. The second kappa shape index (κ2) is 11.9. The molecule has 1 atom stereocenters. The van der Waals surface area contributed by atoms with Gasteiger partial charge in [-0.2, -0.15) is 0 Å². The highest BCUT2D eigenvalue weighted by molar-refractivity contribution is 5.87. The number of likely N-dealkylation sites (N-methyl/N-ethyl adjacent to an activating group) is 1. The molecule has 0 fully saturated rings. The summed E-state index contributed by atoms with van der Waals surface area (Å²) in [4.78, 5) is 27.0. The van der Waals surface area contributed by atoms with Crippen LogP contribution in [0, 0.1) is 6.92 Å². The molecule has 6 heteroatoms. The maximum absolute atomic E-state index is 13.0. The van der Waals surface area contributed by atoms with Crippen LogP contribution in [0.25, 0.3) is 0 Å².